The van der Waals surface area contributed by atoms with E-state index in [9.17, 15) is 8.42 Å². The van der Waals surface area contributed by atoms with E-state index in [-0.39, 0.29) is 6.04 Å². The summed E-state index contributed by atoms with van der Waals surface area (Å²) >= 11 is 3.36. The lowest BCUT2D eigenvalue weighted by atomic mass is 10.1. The highest BCUT2D eigenvalue weighted by molar-refractivity contribution is 9.10. The van der Waals surface area contributed by atoms with Crippen molar-refractivity contribution in [1.82, 2.24) is 9.62 Å². The SMILES string of the molecule is CNCc1ccc(Br)c(S(=O)(=O)N(C)C2CCOCC2)c1. The number of sulfonamides is 1. The third-order valence-corrected chi connectivity index (χ3v) is 6.64. The molecule has 0 aliphatic carbocycles. The van der Waals surface area contributed by atoms with E-state index < -0.39 is 10.0 Å². The van der Waals surface area contributed by atoms with Crippen molar-refractivity contribution in [3.05, 3.63) is 28.2 Å². The first kappa shape index (κ1) is 16.9. The number of rotatable bonds is 5. The topological polar surface area (TPSA) is 58.6 Å². The first-order valence-corrected chi connectivity index (χ1v) is 9.19. The second kappa shape index (κ2) is 7.19. The summed E-state index contributed by atoms with van der Waals surface area (Å²) < 4.78 is 33.1. The Balaban J connectivity index is 2.31. The molecule has 2 rings (SSSR count). The number of ether oxygens (including phenoxy) is 1. The number of halogens is 1. The van der Waals surface area contributed by atoms with Gasteiger partial charge in [0, 0.05) is 37.3 Å². The summed E-state index contributed by atoms with van der Waals surface area (Å²) in [5.41, 5.74) is 0.944. The van der Waals surface area contributed by atoms with Crippen molar-refractivity contribution in [3.8, 4) is 0 Å². The maximum atomic E-state index is 12.8. The minimum atomic E-state index is -3.51. The van der Waals surface area contributed by atoms with Gasteiger partial charge in [-0.25, -0.2) is 8.42 Å². The predicted octanol–water partition coefficient (Wildman–Crippen LogP) is 1.97. The molecule has 5 nitrogen and oxygen atoms in total. The molecule has 0 amide bonds. The van der Waals surface area contributed by atoms with Crippen LogP contribution in [0.1, 0.15) is 18.4 Å². The van der Waals surface area contributed by atoms with Crippen molar-refractivity contribution in [2.24, 2.45) is 0 Å². The number of nitrogens with one attached hydrogen (secondary N) is 1. The van der Waals surface area contributed by atoms with Gasteiger partial charge >= 0.3 is 0 Å². The summed E-state index contributed by atoms with van der Waals surface area (Å²) in [5.74, 6) is 0. The van der Waals surface area contributed by atoms with Crippen LogP contribution in [0.4, 0.5) is 0 Å². The highest BCUT2D eigenvalue weighted by atomic mass is 79.9. The zero-order valence-electron chi connectivity index (χ0n) is 12.3. The van der Waals surface area contributed by atoms with Gasteiger partial charge in [-0.2, -0.15) is 4.31 Å². The summed E-state index contributed by atoms with van der Waals surface area (Å²) in [4.78, 5) is 0.323. The Bertz CT molecular complexity index is 586. The zero-order valence-corrected chi connectivity index (χ0v) is 14.7. The van der Waals surface area contributed by atoms with Gasteiger partial charge in [-0.1, -0.05) is 6.07 Å². The van der Waals surface area contributed by atoms with Crippen LogP contribution in [0.25, 0.3) is 0 Å². The van der Waals surface area contributed by atoms with E-state index >= 15 is 0 Å². The van der Waals surface area contributed by atoms with E-state index in [4.69, 9.17) is 4.74 Å². The van der Waals surface area contributed by atoms with Crippen molar-refractivity contribution >= 4 is 26.0 Å². The van der Waals surface area contributed by atoms with E-state index in [0.29, 0.717) is 29.1 Å². The van der Waals surface area contributed by atoms with Gasteiger partial charge in [-0.3, -0.25) is 0 Å². The zero-order chi connectivity index (χ0) is 15.5. The van der Waals surface area contributed by atoms with Crippen molar-refractivity contribution in [2.75, 3.05) is 27.3 Å². The number of benzene rings is 1. The van der Waals surface area contributed by atoms with Crippen LogP contribution in [0, 0.1) is 0 Å². The minimum absolute atomic E-state index is 0.00334. The molecular formula is C14H21BrN2O3S. The van der Waals surface area contributed by atoms with Gasteiger partial charge in [0.05, 0.1) is 4.90 Å². The number of hydrogen-bond acceptors (Lipinski definition) is 4. The van der Waals surface area contributed by atoms with Crippen molar-refractivity contribution in [1.29, 1.82) is 0 Å². The van der Waals surface area contributed by atoms with Gasteiger partial charge in [0.2, 0.25) is 10.0 Å². The second-order valence-electron chi connectivity index (χ2n) is 5.16. The molecule has 0 saturated carbocycles. The first-order chi connectivity index (χ1) is 9.96. The molecule has 1 fully saturated rings. The molecule has 0 atom stereocenters. The van der Waals surface area contributed by atoms with E-state index in [1.807, 2.05) is 13.1 Å². The van der Waals surface area contributed by atoms with Crippen LogP contribution >= 0.6 is 15.9 Å². The van der Waals surface area contributed by atoms with E-state index in [2.05, 4.69) is 21.2 Å². The summed E-state index contributed by atoms with van der Waals surface area (Å²) in [6, 6.07) is 5.43. The fourth-order valence-corrected chi connectivity index (χ4v) is 4.85. The lowest BCUT2D eigenvalue weighted by Crippen LogP contribution is -2.40. The number of hydrogen-bond donors (Lipinski definition) is 1. The van der Waals surface area contributed by atoms with Crippen LogP contribution in [0.5, 0.6) is 0 Å². The Hall–Kier alpha value is -0.470. The third-order valence-electron chi connectivity index (χ3n) is 3.74. The molecule has 1 N–H and O–H groups in total. The van der Waals surface area contributed by atoms with Crippen molar-refractivity contribution < 1.29 is 13.2 Å². The maximum absolute atomic E-state index is 12.8. The molecule has 1 saturated heterocycles. The molecule has 1 heterocycles. The molecule has 0 unspecified atom stereocenters. The molecule has 0 radical (unpaired) electrons. The Morgan fingerprint density at radius 1 is 1.38 bits per heavy atom. The highest BCUT2D eigenvalue weighted by Crippen LogP contribution is 2.28. The molecule has 118 valence electrons. The number of nitrogens with zero attached hydrogens (tertiary/aromatic N) is 1. The maximum Gasteiger partial charge on any atom is 0.244 e. The molecule has 1 aromatic carbocycles. The lowest BCUT2D eigenvalue weighted by molar-refractivity contribution is 0.0632. The average molecular weight is 377 g/mol. The molecule has 0 aromatic heterocycles. The summed E-state index contributed by atoms with van der Waals surface area (Å²) in [7, 11) is -0.0140. The van der Waals surface area contributed by atoms with Gasteiger partial charge in [0.25, 0.3) is 0 Å². The quantitative estimate of drug-likeness (QED) is 0.853. The van der Waals surface area contributed by atoms with Gasteiger partial charge in [0.1, 0.15) is 0 Å². The predicted molar refractivity (Wildman–Crippen MR) is 85.7 cm³/mol. The average Bonchev–Trinajstić information content (AvgIpc) is 2.49. The molecule has 1 aliphatic heterocycles. The Morgan fingerprint density at radius 3 is 2.67 bits per heavy atom. The Labute approximate surface area is 134 Å². The summed E-state index contributed by atoms with van der Waals surface area (Å²) in [6.07, 6.45) is 1.48. The summed E-state index contributed by atoms with van der Waals surface area (Å²) in [5, 5.41) is 3.03. The molecule has 1 aliphatic rings. The first-order valence-electron chi connectivity index (χ1n) is 6.95. The largest absolute Gasteiger partial charge is 0.381 e. The molecule has 1 aromatic rings. The summed E-state index contributed by atoms with van der Waals surface area (Å²) in [6.45, 7) is 1.87. The Morgan fingerprint density at radius 2 is 2.05 bits per heavy atom. The molecule has 7 heteroatoms. The minimum Gasteiger partial charge on any atom is -0.381 e. The molecule has 21 heavy (non-hydrogen) atoms. The van der Waals surface area contributed by atoms with Crippen LogP contribution < -0.4 is 5.32 Å². The van der Waals surface area contributed by atoms with E-state index in [1.54, 1.807) is 19.2 Å². The molecular weight excluding hydrogens is 356 g/mol. The van der Waals surface area contributed by atoms with Crippen molar-refractivity contribution in [2.45, 2.75) is 30.3 Å². The molecule has 0 spiro atoms. The fourth-order valence-electron chi connectivity index (χ4n) is 2.46. The smallest absolute Gasteiger partial charge is 0.244 e. The van der Waals surface area contributed by atoms with E-state index in [1.165, 1.54) is 4.31 Å². The monoisotopic (exact) mass is 376 g/mol. The molecule has 0 bridgehead atoms. The van der Waals surface area contributed by atoms with Crippen LogP contribution in [0.3, 0.4) is 0 Å². The standard InChI is InChI=1S/C14H21BrN2O3S/c1-16-10-11-3-4-13(15)14(9-11)21(18,19)17(2)12-5-7-20-8-6-12/h3-4,9,12,16H,5-8,10H2,1-2H3. The van der Waals surface area contributed by atoms with Gasteiger partial charge in [-0.05, 0) is 53.5 Å². The van der Waals surface area contributed by atoms with Gasteiger partial charge in [-0.15, -0.1) is 0 Å². The van der Waals surface area contributed by atoms with Gasteiger partial charge in [0.15, 0.2) is 0 Å². The lowest BCUT2D eigenvalue weighted by Gasteiger charge is -2.30. The van der Waals surface area contributed by atoms with Crippen LogP contribution in [-0.2, 0) is 21.3 Å². The third kappa shape index (κ3) is 3.84. The fraction of sp³-hybridized carbons (Fsp3) is 0.571. The van der Waals surface area contributed by atoms with Crippen LogP contribution in [0.2, 0.25) is 0 Å². The van der Waals surface area contributed by atoms with Gasteiger partial charge < -0.3 is 10.1 Å². The van der Waals surface area contributed by atoms with Crippen LogP contribution in [-0.4, -0.2) is 46.1 Å². The Kier molecular flexibility index (Phi) is 5.79. The highest BCUT2D eigenvalue weighted by Gasteiger charge is 2.30. The second-order valence-corrected chi connectivity index (χ2v) is 7.98. The normalized spacial score (nSPS) is 17.3. The van der Waals surface area contributed by atoms with Crippen LogP contribution in [0.15, 0.2) is 27.6 Å². The van der Waals surface area contributed by atoms with E-state index in [0.717, 1.165) is 18.4 Å². The van der Waals surface area contributed by atoms with Crippen molar-refractivity contribution in [3.63, 3.8) is 0 Å².